The van der Waals surface area contributed by atoms with Crippen LogP contribution in [-0.2, 0) is 5.60 Å². The van der Waals surface area contributed by atoms with Gasteiger partial charge in [0.1, 0.15) is 11.4 Å². The highest BCUT2D eigenvalue weighted by Gasteiger charge is 2.32. The highest BCUT2D eigenvalue weighted by molar-refractivity contribution is 5.36. The summed E-state index contributed by atoms with van der Waals surface area (Å²) < 4.78 is 13.7. The van der Waals surface area contributed by atoms with E-state index in [1.807, 2.05) is 6.07 Å². The Morgan fingerprint density at radius 2 is 1.94 bits per heavy atom. The summed E-state index contributed by atoms with van der Waals surface area (Å²) in [7, 11) is 0. The monoisotopic (exact) mass is 232 g/mol. The van der Waals surface area contributed by atoms with E-state index in [-0.39, 0.29) is 12.1 Å². The van der Waals surface area contributed by atoms with Crippen LogP contribution in [0.3, 0.4) is 0 Å². The van der Waals surface area contributed by atoms with Gasteiger partial charge in [-0.2, -0.15) is 0 Å². The van der Waals surface area contributed by atoms with Crippen LogP contribution in [0.15, 0.2) is 48.8 Å². The van der Waals surface area contributed by atoms with Gasteiger partial charge in [0, 0.05) is 18.3 Å². The molecule has 2 rings (SSSR count). The van der Waals surface area contributed by atoms with Gasteiger partial charge in [0.05, 0.1) is 6.20 Å². The molecule has 2 aromatic rings. The molecule has 17 heavy (non-hydrogen) atoms. The molecule has 0 saturated heterocycles. The summed E-state index contributed by atoms with van der Waals surface area (Å²) in [5.74, 6) is -0.565. The first-order valence-corrected chi connectivity index (χ1v) is 5.26. The molecule has 1 aromatic heterocycles. The van der Waals surface area contributed by atoms with Crippen LogP contribution in [0.25, 0.3) is 0 Å². The average molecular weight is 232 g/mol. The zero-order chi connectivity index (χ0) is 12.3. The molecule has 0 bridgehead atoms. The molecule has 0 fully saturated rings. The van der Waals surface area contributed by atoms with Crippen molar-refractivity contribution in [1.82, 2.24) is 4.98 Å². The maximum atomic E-state index is 13.7. The number of nitrogens with two attached hydrogens (primary N) is 1. The number of nitrogens with zero attached hydrogens (tertiary/aromatic N) is 1. The molecule has 0 radical (unpaired) electrons. The maximum absolute atomic E-state index is 13.7. The molecule has 0 aliphatic heterocycles. The predicted octanol–water partition coefficient (Wildman–Crippen LogP) is 1.42. The second kappa shape index (κ2) is 4.61. The van der Waals surface area contributed by atoms with Crippen LogP contribution in [-0.4, -0.2) is 16.6 Å². The van der Waals surface area contributed by atoms with E-state index in [0.29, 0.717) is 5.56 Å². The van der Waals surface area contributed by atoms with Gasteiger partial charge in [0.2, 0.25) is 0 Å². The van der Waals surface area contributed by atoms with Crippen LogP contribution in [0.5, 0.6) is 0 Å². The van der Waals surface area contributed by atoms with Crippen molar-refractivity contribution in [3.8, 4) is 0 Å². The third-order valence-corrected chi connectivity index (χ3v) is 2.76. The SMILES string of the molecule is NCC(O)(c1ccccc1)c1ccncc1F. The van der Waals surface area contributed by atoms with Crippen molar-refractivity contribution in [2.75, 3.05) is 6.54 Å². The standard InChI is InChI=1S/C13H13FN2O/c14-12-8-16-7-6-11(12)13(17,9-15)10-4-2-1-3-5-10/h1-8,17H,9,15H2. The lowest BCUT2D eigenvalue weighted by molar-refractivity contribution is 0.0860. The molecule has 1 heterocycles. The van der Waals surface area contributed by atoms with Gasteiger partial charge in [0.15, 0.2) is 0 Å². The van der Waals surface area contributed by atoms with Gasteiger partial charge >= 0.3 is 0 Å². The fraction of sp³-hybridized carbons (Fsp3) is 0.154. The topological polar surface area (TPSA) is 59.1 Å². The van der Waals surface area contributed by atoms with Crippen molar-refractivity contribution in [2.24, 2.45) is 5.73 Å². The van der Waals surface area contributed by atoms with Crippen molar-refractivity contribution in [3.05, 3.63) is 65.7 Å². The van der Waals surface area contributed by atoms with Crippen molar-refractivity contribution in [1.29, 1.82) is 0 Å². The minimum Gasteiger partial charge on any atom is -0.379 e. The van der Waals surface area contributed by atoms with Gasteiger partial charge in [-0.3, -0.25) is 4.98 Å². The second-order valence-corrected chi connectivity index (χ2v) is 3.79. The minimum atomic E-state index is -1.52. The molecule has 0 aliphatic rings. The van der Waals surface area contributed by atoms with E-state index < -0.39 is 11.4 Å². The summed E-state index contributed by atoms with van der Waals surface area (Å²) >= 11 is 0. The molecule has 3 nitrogen and oxygen atoms in total. The van der Waals surface area contributed by atoms with Crippen LogP contribution < -0.4 is 5.73 Å². The van der Waals surface area contributed by atoms with Crippen molar-refractivity contribution >= 4 is 0 Å². The summed E-state index contributed by atoms with van der Waals surface area (Å²) in [6, 6.07) is 10.2. The number of pyridine rings is 1. The Bertz CT molecular complexity index is 504. The fourth-order valence-corrected chi connectivity index (χ4v) is 1.81. The Labute approximate surface area is 98.7 Å². The third kappa shape index (κ3) is 2.05. The van der Waals surface area contributed by atoms with Gasteiger partial charge in [-0.05, 0) is 11.6 Å². The van der Waals surface area contributed by atoms with E-state index in [9.17, 15) is 9.50 Å². The number of aliphatic hydroxyl groups is 1. The first kappa shape index (κ1) is 11.7. The molecule has 1 aromatic carbocycles. The normalized spacial score (nSPS) is 14.3. The van der Waals surface area contributed by atoms with E-state index in [2.05, 4.69) is 4.98 Å². The summed E-state index contributed by atoms with van der Waals surface area (Å²) in [4.78, 5) is 3.66. The molecular formula is C13H13FN2O. The molecule has 0 amide bonds. The molecule has 3 N–H and O–H groups in total. The quantitative estimate of drug-likeness (QED) is 0.841. The number of halogens is 1. The van der Waals surface area contributed by atoms with Gasteiger partial charge in [-0.1, -0.05) is 30.3 Å². The number of benzene rings is 1. The Morgan fingerprint density at radius 1 is 1.24 bits per heavy atom. The Hall–Kier alpha value is -1.78. The van der Waals surface area contributed by atoms with E-state index >= 15 is 0 Å². The minimum absolute atomic E-state index is 0.0993. The van der Waals surface area contributed by atoms with Gasteiger partial charge < -0.3 is 10.8 Å². The number of rotatable bonds is 3. The summed E-state index contributed by atoms with van der Waals surface area (Å²) in [6.07, 6.45) is 2.50. The number of hydrogen-bond acceptors (Lipinski definition) is 3. The number of aromatic nitrogens is 1. The van der Waals surface area contributed by atoms with Crippen molar-refractivity contribution < 1.29 is 9.50 Å². The molecule has 0 aliphatic carbocycles. The van der Waals surface area contributed by atoms with Crippen LogP contribution in [0.1, 0.15) is 11.1 Å². The van der Waals surface area contributed by atoms with Crippen LogP contribution in [0, 0.1) is 5.82 Å². The highest BCUT2D eigenvalue weighted by Crippen LogP contribution is 2.29. The molecule has 1 unspecified atom stereocenters. The van der Waals surface area contributed by atoms with Crippen molar-refractivity contribution in [3.63, 3.8) is 0 Å². The molecule has 0 spiro atoms. The van der Waals surface area contributed by atoms with Gasteiger partial charge in [-0.25, -0.2) is 4.39 Å². The Kier molecular flexibility index (Phi) is 3.17. The van der Waals surface area contributed by atoms with Gasteiger partial charge in [-0.15, -0.1) is 0 Å². The van der Waals surface area contributed by atoms with E-state index in [1.54, 1.807) is 24.3 Å². The lowest BCUT2D eigenvalue weighted by Gasteiger charge is -2.27. The number of hydrogen-bond donors (Lipinski definition) is 2. The average Bonchev–Trinajstić information content (AvgIpc) is 2.39. The van der Waals surface area contributed by atoms with E-state index in [4.69, 9.17) is 5.73 Å². The van der Waals surface area contributed by atoms with Crippen molar-refractivity contribution in [2.45, 2.75) is 5.60 Å². The molecular weight excluding hydrogens is 219 g/mol. The first-order chi connectivity index (χ1) is 8.18. The molecule has 1 atom stereocenters. The fourth-order valence-electron chi connectivity index (χ4n) is 1.81. The van der Waals surface area contributed by atoms with Crippen LogP contribution >= 0.6 is 0 Å². The predicted molar refractivity (Wildman–Crippen MR) is 62.7 cm³/mol. The summed E-state index contributed by atoms with van der Waals surface area (Å²) in [6.45, 7) is -0.0993. The lowest BCUT2D eigenvalue weighted by atomic mass is 9.87. The first-order valence-electron chi connectivity index (χ1n) is 5.26. The smallest absolute Gasteiger partial charge is 0.147 e. The Balaban J connectivity index is 2.56. The van der Waals surface area contributed by atoms with Crippen LogP contribution in [0.2, 0.25) is 0 Å². The highest BCUT2D eigenvalue weighted by atomic mass is 19.1. The summed E-state index contributed by atoms with van der Waals surface area (Å²) in [5, 5.41) is 10.6. The molecule has 88 valence electrons. The molecule has 0 saturated carbocycles. The second-order valence-electron chi connectivity index (χ2n) is 3.79. The summed E-state index contributed by atoms with van der Waals surface area (Å²) in [5.41, 5.74) is 4.79. The van der Waals surface area contributed by atoms with E-state index in [0.717, 1.165) is 6.20 Å². The molecule has 4 heteroatoms. The zero-order valence-corrected chi connectivity index (χ0v) is 9.18. The Morgan fingerprint density at radius 3 is 2.53 bits per heavy atom. The zero-order valence-electron chi connectivity index (χ0n) is 9.18. The van der Waals surface area contributed by atoms with Gasteiger partial charge in [0.25, 0.3) is 0 Å². The largest absolute Gasteiger partial charge is 0.379 e. The van der Waals surface area contributed by atoms with E-state index in [1.165, 1.54) is 12.3 Å². The third-order valence-electron chi connectivity index (χ3n) is 2.76. The maximum Gasteiger partial charge on any atom is 0.147 e. The van der Waals surface area contributed by atoms with Crippen LogP contribution in [0.4, 0.5) is 4.39 Å². The lowest BCUT2D eigenvalue weighted by Crippen LogP contribution is -2.37.